The van der Waals surface area contributed by atoms with Gasteiger partial charge in [0.05, 0.1) is 18.4 Å². The molecule has 0 aliphatic carbocycles. The summed E-state index contributed by atoms with van der Waals surface area (Å²) in [6.45, 7) is 1.33. The number of aromatic nitrogens is 1. The van der Waals surface area contributed by atoms with Crippen LogP contribution in [0.2, 0.25) is 0 Å². The lowest BCUT2D eigenvalue weighted by atomic mass is 10.1. The zero-order chi connectivity index (χ0) is 24.6. The van der Waals surface area contributed by atoms with Crippen LogP contribution < -0.4 is 9.46 Å². The van der Waals surface area contributed by atoms with Gasteiger partial charge >= 0.3 is 12.1 Å². The molecular formula is C21H19F3N2O6S. The van der Waals surface area contributed by atoms with Crippen molar-refractivity contribution in [3.05, 3.63) is 65.4 Å². The predicted octanol–water partition coefficient (Wildman–Crippen LogP) is 3.57. The quantitative estimate of drug-likeness (QED) is 0.530. The Labute approximate surface area is 186 Å². The number of carbonyl (C=O) groups excluding carboxylic acids is 1. The minimum Gasteiger partial charge on any atom is -0.497 e. The number of ether oxygens (including phenoxy) is 1. The van der Waals surface area contributed by atoms with E-state index in [9.17, 15) is 36.3 Å². The minimum atomic E-state index is -4.57. The second-order valence-electron chi connectivity index (χ2n) is 7.22. The van der Waals surface area contributed by atoms with Crippen LogP contribution in [-0.2, 0) is 26.7 Å². The normalized spacial score (nSPS) is 13.0. The number of nitrogens with one attached hydrogen (secondary N) is 1. The molecule has 0 saturated heterocycles. The first kappa shape index (κ1) is 24.1. The summed E-state index contributed by atoms with van der Waals surface area (Å²) in [7, 11) is -2.88. The summed E-state index contributed by atoms with van der Waals surface area (Å²) >= 11 is 0. The van der Waals surface area contributed by atoms with Gasteiger partial charge in [-0.1, -0.05) is 12.1 Å². The van der Waals surface area contributed by atoms with E-state index in [1.165, 1.54) is 24.7 Å². The molecule has 176 valence electrons. The lowest BCUT2D eigenvalue weighted by Crippen LogP contribution is -2.34. The molecular weight excluding hydrogens is 465 g/mol. The Morgan fingerprint density at radius 2 is 1.76 bits per heavy atom. The molecule has 0 fully saturated rings. The standard InChI is InChI=1S/C21H19F3N2O6S/c1-12(20(28)29)26-17-8-7-16(32-2)9-14(17)10-18(26)19(27)25-33(30,31)11-13-3-5-15(6-4-13)21(22,23)24/h3-10,12H,11H2,1-2H3,(H,25,27)(H,28,29). The number of nitrogens with zero attached hydrogens (tertiary/aromatic N) is 1. The summed E-state index contributed by atoms with van der Waals surface area (Å²) in [5, 5.41) is 9.90. The van der Waals surface area contributed by atoms with Gasteiger partial charge in [-0.2, -0.15) is 13.2 Å². The molecule has 12 heteroatoms. The number of benzene rings is 2. The van der Waals surface area contributed by atoms with Crippen LogP contribution in [0.15, 0.2) is 48.5 Å². The highest BCUT2D eigenvalue weighted by molar-refractivity contribution is 7.89. The summed E-state index contributed by atoms with van der Waals surface area (Å²) in [6, 6.07) is 8.30. The average molecular weight is 484 g/mol. The number of rotatable bonds is 7. The van der Waals surface area contributed by atoms with E-state index < -0.39 is 45.4 Å². The molecule has 2 aromatic carbocycles. The van der Waals surface area contributed by atoms with Crippen molar-refractivity contribution in [1.82, 2.24) is 9.29 Å². The predicted molar refractivity (Wildman–Crippen MR) is 112 cm³/mol. The highest BCUT2D eigenvalue weighted by Gasteiger charge is 2.30. The number of alkyl halides is 3. The monoisotopic (exact) mass is 484 g/mol. The van der Waals surface area contributed by atoms with Gasteiger partial charge in [-0.25, -0.2) is 17.9 Å². The van der Waals surface area contributed by atoms with E-state index in [4.69, 9.17) is 4.74 Å². The molecule has 1 unspecified atom stereocenters. The summed E-state index contributed by atoms with van der Waals surface area (Å²) in [6.07, 6.45) is -4.57. The number of carbonyl (C=O) groups is 2. The number of carboxylic acids is 1. The minimum absolute atomic E-state index is 0.0347. The zero-order valence-corrected chi connectivity index (χ0v) is 18.2. The van der Waals surface area contributed by atoms with Crippen LogP contribution in [0.25, 0.3) is 10.9 Å². The molecule has 0 aliphatic heterocycles. The fraction of sp³-hybridized carbons (Fsp3) is 0.238. The van der Waals surface area contributed by atoms with Crippen molar-refractivity contribution in [2.75, 3.05) is 7.11 Å². The van der Waals surface area contributed by atoms with Crippen LogP contribution in [0.1, 0.15) is 34.6 Å². The van der Waals surface area contributed by atoms with E-state index in [1.54, 1.807) is 18.2 Å². The van der Waals surface area contributed by atoms with Gasteiger partial charge in [-0.15, -0.1) is 0 Å². The van der Waals surface area contributed by atoms with Gasteiger partial charge in [0.1, 0.15) is 17.5 Å². The number of carboxylic acid groups (broad SMARTS) is 1. The maximum absolute atomic E-state index is 12.8. The number of amides is 1. The van der Waals surface area contributed by atoms with Crippen molar-refractivity contribution in [2.24, 2.45) is 0 Å². The molecule has 0 saturated carbocycles. The van der Waals surface area contributed by atoms with E-state index in [0.717, 1.165) is 24.3 Å². The second kappa shape index (κ2) is 8.77. The molecule has 2 N–H and O–H groups in total. The Morgan fingerprint density at radius 3 is 2.30 bits per heavy atom. The van der Waals surface area contributed by atoms with Gasteiger partial charge < -0.3 is 14.4 Å². The molecule has 33 heavy (non-hydrogen) atoms. The molecule has 0 aliphatic rings. The Morgan fingerprint density at radius 1 is 1.12 bits per heavy atom. The Kier molecular flexibility index (Phi) is 6.41. The van der Waals surface area contributed by atoms with Crippen molar-refractivity contribution in [2.45, 2.75) is 24.9 Å². The van der Waals surface area contributed by atoms with Crippen LogP contribution in [-0.4, -0.2) is 37.1 Å². The third-order valence-electron chi connectivity index (χ3n) is 4.91. The lowest BCUT2D eigenvalue weighted by molar-refractivity contribution is -0.140. The Bertz CT molecular complexity index is 1310. The maximum Gasteiger partial charge on any atom is 0.416 e. The van der Waals surface area contributed by atoms with Crippen molar-refractivity contribution in [3.8, 4) is 5.75 Å². The molecule has 1 amide bonds. The molecule has 0 spiro atoms. The van der Waals surface area contributed by atoms with Crippen molar-refractivity contribution in [3.63, 3.8) is 0 Å². The summed E-state index contributed by atoms with van der Waals surface area (Å²) in [5.41, 5.74) is -0.747. The molecule has 1 heterocycles. The van der Waals surface area contributed by atoms with E-state index in [2.05, 4.69) is 0 Å². The van der Waals surface area contributed by atoms with Crippen LogP contribution in [0, 0.1) is 0 Å². The second-order valence-corrected chi connectivity index (χ2v) is 8.95. The van der Waals surface area contributed by atoms with E-state index in [-0.39, 0.29) is 11.3 Å². The number of aliphatic carboxylic acids is 1. The Hall–Kier alpha value is -3.54. The van der Waals surface area contributed by atoms with Crippen LogP contribution in [0.5, 0.6) is 5.75 Å². The van der Waals surface area contributed by atoms with Gasteiger partial charge in [0.25, 0.3) is 5.91 Å². The topological polar surface area (TPSA) is 115 Å². The average Bonchev–Trinajstić information content (AvgIpc) is 3.10. The lowest BCUT2D eigenvalue weighted by Gasteiger charge is -2.15. The van der Waals surface area contributed by atoms with Crippen molar-refractivity contribution in [1.29, 1.82) is 0 Å². The summed E-state index contributed by atoms with van der Waals surface area (Å²) in [5.74, 6) is -2.63. The number of sulfonamides is 1. The van der Waals surface area contributed by atoms with Gasteiger partial charge in [0.2, 0.25) is 10.0 Å². The molecule has 1 aromatic heterocycles. The summed E-state index contributed by atoms with van der Waals surface area (Å²) in [4.78, 5) is 24.4. The third-order valence-corrected chi connectivity index (χ3v) is 6.12. The van der Waals surface area contributed by atoms with Gasteiger partial charge in [-0.3, -0.25) is 4.79 Å². The van der Waals surface area contributed by atoms with E-state index in [0.29, 0.717) is 16.7 Å². The number of hydrogen-bond donors (Lipinski definition) is 2. The molecule has 0 bridgehead atoms. The smallest absolute Gasteiger partial charge is 0.416 e. The zero-order valence-electron chi connectivity index (χ0n) is 17.4. The maximum atomic E-state index is 12.8. The largest absolute Gasteiger partial charge is 0.497 e. The summed E-state index contributed by atoms with van der Waals surface area (Å²) < 4.78 is 71.2. The SMILES string of the molecule is COc1ccc2c(c1)cc(C(=O)NS(=O)(=O)Cc1ccc(C(F)(F)F)cc1)n2C(C)C(=O)O. The highest BCUT2D eigenvalue weighted by Crippen LogP contribution is 2.30. The Balaban J connectivity index is 1.91. The molecule has 3 aromatic rings. The molecule has 3 rings (SSSR count). The first-order valence-corrected chi connectivity index (χ1v) is 11.1. The fourth-order valence-corrected chi connectivity index (χ4v) is 4.37. The van der Waals surface area contributed by atoms with Crippen molar-refractivity contribution < 1.29 is 41.0 Å². The van der Waals surface area contributed by atoms with E-state index >= 15 is 0 Å². The van der Waals surface area contributed by atoms with Gasteiger partial charge in [-0.05, 0) is 48.9 Å². The highest BCUT2D eigenvalue weighted by atomic mass is 32.2. The number of hydrogen-bond acceptors (Lipinski definition) is 5. The van der Waals surface area contributed by atoms with E-state index in [1.807, 2.05) is 4.72 Å². The molecule has 0 radical (unpaired) electrons. The van der Waals surface area contributed by atoms with Crippen molar-refractivity contribution >= 4 is 32.8 Å². The molecule has 8 nitrogen and oxygen atoms in total. The first-order valence-electron chi connectivity index (χ1n) is 9.45. The fourth-order valence-electron chi connectivity index (χ4n) is 3.28. The molecule has 1 atom stereocenters. The first-order chi connectivity index (χ1) is 15.3. The van der Waals surface area contributed by atoms with Crippen LogP contribution in [0.3, 0.4) is 0 Å². The van der Waals surface area contributed by atoms with Gasteiger partial charge in [0, 0.05) is 10.9 Å². The van der Waals surface area contributed by atoms with Gasteiger partial charge in [0.15, 0.2) is 0 Å². The third kappa shape index (κ3) is 5.28. The van der Waals surface area contributed by atoms with Crippen LogP contribution >= 0.6 is 0 Å². The number of fused-ring (bicyclic) bond motifs is 1. The van der Waals surface area contributed by atoms with Crippen LogP contribution in [0.4, 0.5) is 13.2 Å². The number of halogens is 3. The number of methoxy groups -OCH3 is 1.